The molecule has 17 heavy (non-hydrogen) atoms. The van der Waals surface area contributed by atoms with Crippen LogP contribution in [0.25, 0.3) is 0 Å². The maximum atomic E-state index is 6.08. The van der Waals surface area contributed by atoms with Gasteiger partial charge in [0.1, 0.15) is 0 Å². The van der Waals surface area contributed by atoms with Crippen molar-refractivity contribution in [1.82, 2.24) is 0 Å². The van der Waals surface area contributed by atoms with Crippen LogP contribution in [0, 0.1) is 5.92 Å². The molecule has 0 atom stereocenters. The molecule has 1 fully saturated rings. The summed E-state index contributed by atoms with van der Waals surface area (Å²) < 4.78 is 5.76. The number of anilines is 1. The molecule has 1 aliphatic rings. The van der Waals surface area contributed by atoms with Gasteiger partial charge in [0.2, 0.25) is 0 Å². The standard InChI is InChI=1S/C14H20ClNO/c15-14-7-6-13(16)8-12(14)10-17-9-11-4-2-1-3-5-11/h6-8,11H,1-5,9-10,16H2. The zero-order valence-corrected chi connectivity index (χ0v) is 10.9. The number of hydrogen-bond donors (Lipinski definition) is 1. The van der Waals surface area contributed by atoms with Crippen LogP contribution >= 0.6 is 11.6 Å². The molecule has 0 amide bonds. The van der Waals surface area contributed by atoms with Gasteiger partial charge >= 0.3 is 0 Å². The second-order valence-corrected chi connectivity index (χ2v) is 5.28. The van der Waals surface area contributed by atoms with Crippen LogP contribution in [-0.4, -0.2) is 6.61 Å². The van der Waals surface area contributed by atoms with Crippen LogP contribution in [0.2, 0.25) is 5.02 Å². The van der Waals surface area contributed by atoms with Gasteiger partial charge in [-0.2, -0.15) is 0 Å². The van der Waals surface area contributed by atoms with Crippen LogP contribution < -0.4 is 5.73 Å². The largest absolute Gasteiger partial charge is 0.399 e. The maximum Gasteiger partial charge on any atom is 0.0732 e. The first-order valence-electron chi connectivity index (χ1n) is 6.37. The van der Waals surface area contributed by atoms with E-state index in [1.54, 1.807) is 0 Å². The first-order valence-corrected chi connectivity index (χ1v) is 6.75. The fourth-order valence-electron chi connectivity index (χ4n) is 2.39. The summed E-state index contributed by atoms with van der Waals surface area (Å²) in [6.45, 7) is 1.42. The first-order chi connectivity index (χ1) is 8.25. The highest BCUT2D eigenvalue weighted by molar-refractivity contribution is 6.31. The zero-order valence-electron chi connectivity index (χ0n) is 10.1. The quantitative estimate of drug-likeness (QED) is 0.823. The van der Waals surface area contributed by atoms with Gasteiger partial charge in [0.25, 0.3) is 0 Å². The predicted octanol–water partition coefficient (Wildman–Crippen LogP) is 4.02. The highest BCUT2D eigenvalue weighted by Gasteiger charge is 2.13. The number of halogens is 1. The Bertz CT molecular complexity index is 361. The average Bonchev–Trinajstić information content (AvgIpc) is 2.35. The van der Waals surface area contributed by atoms with Crippen molar-refractivity contribution in [1.29, 1.82) is 0 Å². The van der Waals surface area contributed by atoms with Crippen molar-refractivity contribution < 1.29 is 4.74 Å². The fraction of sp³-hybridized carbons (Fsp3) is 0.571. The van der Waals surface area contributed by atoms with E-state index in [9.17, 15) is 0 Å². The molecule has 0 saturated heterocycles. The Morgan fingerprint density at radius 2 is 2.00 bits per heavy atom. The second-order valence-electron chi connectivity index (χ2n) is 4.87. The molecule has 0 unspecified atom stereocenters. The average molecular weight is 254 g/mol. The minimum Gasteiger partial charge on any atom is -0.399 e. The number of hydrogen-bond acceptors (Lipinski definition) is 2. The van der Waals surface area contributed by atoms with Gasteiger partial charge < -0.3 is 10.5 Å². The molecule has 0 spiro atoms. The number of ether oxygens (including phenoxy) is 1. The minimum atomic E-state index is 0.570. The Hall–Kier alpha value is -0.730. The summed E-state index contributed by atoms with van der Waals surface area (Å²) in [5.41, 5.74) is 7.46. The third kappa shape index (κ3) is 3.90. The number of rotatable bonds is 4. The van der Waals surface area contributed by atoms with E-state index in [0.29, 0.717) is 6.61 Å². The first kappa shape index (κ1) is 12.7. The van der Waals surface area contributed by atoms with Gasteiger partial charge in [0, 0.05) is 17.3 Å². The smallest absolute Gasteiger partial charge is 0.0732 e. The lowest BCUT2D eigenvalue weighted by molar-refractivity contribution is 0.0740. The molecule has 0 heterocycles. The lowest BCUT2D eigenvalue weighted by Crippen LogP contribution is -2.13. The van der Waals surface area contributed by atoms with Gasteiger partial charge in [-0.25, -0.2) is 0 Å². The third-order valence-electron chi connectivity index (χ3n) is 3.41. The molecule has 1 aromatic carbocycles. The Morgan fingerprint density at radius 1 is 1.24 bits per heavy atom. The van der Waals surface area contributed by atoms with Gasteiger partial charge in [-0.3, -0.25) is 0 Å². The molecule has 1 aliphatic carbocycles. The Kier molecular flexibility index (Phi) is 4.69. The zero-order chi connectivity index (χ0) is 12.1. The fourth-order valence-corrected chi connectivity index (χ4v) is 2.57. The van der Waals surface area contributed by atoms with E-state index in [1.165, 1.54) is 32.1 Å². The lowest BCUT2D eigenvalue weighted by atomic mass is 9.90. The van der Waals surface area contributed by atoms with Crippen molar-refractivity contribution in [3.05, 3.63) is 28.8 Å². The molecule has 0 aromatic heterocycles. The summed E-state index contributed by atoms with van der Waals surface area (Å²) >= 11 is 6.08. The summed E-state index contributed by atoms with van der Waals surface area (Å²) in [5.74, 6) is 0.739. The lowest BCUT2D eigenvalue weighted by Gasteiger charge is -2.21. The number of benzene rings is 1. The molecule has 2 nitrogen and oxygen atoms in total. The Labute approximate surface area is 108 Å². The predicted molar refractivity (Wildman–Crippen MR) is 72.1 cm³/mol. The molecule has 94 valence electrons. The van der Waals surface area contributed by atoms with Crippen molar-refractivity contribution in [2.45, 2.75) is 38.7 Å². The summed E-state index contributed by atoms with van der Waals surface area (Å²) in [6, 6.07) is 5.53. The second kappa shape index (κ2) is 6.27. The van der Waals surface area contributed by atoms with E-state index >= 15 is 0 Å². The molecule has 1 aromatic rings. The van der Waals surface area contributed by atoms with E-state index in [1.807, 2.05) is 18.2 Å². The summed E-state index contributed by atoms with van der Waals surface area (Å²) in [4.78, 5) is 0. The summed E-state index contributed by atoms with van der Waals surface area (Å²) in [7, 11) is 0. The van der Waals surface area contributed by atoms with Crippen LogP contribution in [0.5, 0.6) is 0 Å². The van der Waals surface area contributed by atoms with E-state index in [0.717, 1.165) is 28.8 Å². The molecular formula is C14H20ClNO. The Balaban J connectivity index is 1.79. The molecular weight excluding hydrogens is 234 g/mol. The van der Waals surface area contributed by atoms with Gasteiger partial charge in [-0.1, -0.05) is 30.9 Å². The maximum absolute atomic E-state index is 6.08. The molecule has 0 aliphatic heterocycles. The van der Waals surface area contributed by atoms with E-state index in [-0.39, 0.29) is 0 Å². The number of nitrogens with two attached hydrogens (primary N) is 1. The minimum absolute atomic E-state index is 0.570. The van der Waals surface area contributed by atoms with Crippen molar-refractivity contribution in [3.63, 3.8) is 0 Å². The van der Waals surface area contributed by atoms with Crippen molar-refractivity contribution in [2.75, 3.05) is 12.3 Å². The highest BCUT2D eigenvalue weighted by Crippen LogP contribution is 2.25. The van der Waals surface area contributed by atoms with Gasteiger partial charge in [0.05, 0.1) is 6.61 Å². The molecule has 0 radical (unpaired) electrons. The Morgan fingerprint density at radius 3 is 2.76 bits per heavy atom. The van der Waals surface area contributed by atoms with Crippen LogP contribution in [-0.2, 0) is 11.3 Å². The molecule has 3 heteroatoms. The normalized spacial score (nSPS) is 17.2. The highest BCUT2D eigenvalue weighted by atomic mass is 35.5. The molecule has 0 bridgehead atoms. The van der Waals surface area contributed by atoms with Gasteiger partial charge in [-0.15, -0.1) is 0 Å². The van der Waals surface area contributed by atoms with Gasteiger partial charge in [-0.05, 0) is 42.5 Å². The molecule has 2 rings (SSSR count). The van der Waals surface area contributed by atoms with Crippen LogP contribution in [0.15, 0.2) is 18.2 Å². The van der Waals surface area contributed by atoms with Crippen LogP contribution in [0.4, 0.5) is 5.69 Å². The third-order valence-corrected chi connectivity index (χ3v) is 3.77. The van der Waals surface area contributed by atoms with Crippen molar-refractivity contribution in [3.8, 4) is 0 Å². The van der Waals surface area contributed by atoms with Crippen molar-refractivity contribution >= 4 is 17.3 Å². The number of nitrogen functional groups attached to an aromatic ring is 1. The van der Waals surface area contributed by atoms with Crippen molar-refractivity contribution in [2.24, 2.45) is 5.92 Å². The molecule has 2 N–H and O–H groups in total. The summed E-state index contributed by atoms with van der Waals surface area (Å²) in [5, 5.41) is 0.739. The topological polar surface area (TPSA) is 35.2 Å². The summed E-state index contributed by atoms with van der Waals surface area (Å²) in [6.07, 6.45) is 6.72. The van der Waals surface area contributed by atoms with Gasteiger partial charge in [0.15, 0.2) is 0 Å². The van der Waals surface area contributed by atoms with Crippen LogP contribution in [0.1, 0.15) is 37.7 Å². The van der Waals surface area contributed by atoms with Crippen LogP contribution in [0.3, 0.4) is 0 Å². The van der Waals surface area contributed by atoms with E-state index in [2.05, 4.69) is 0 Å². The molecule has 1 saturated carbocycles. The SMILES string of the molecule is Nc1ccc(Cl)c(COCC2CCCCC2)c1. The van der Waals surface area contributed by atoms with E-state index < -0.39 is 0 Å². The van der Waals surface area contributed by atoms with E-state index in [4.69, 9.17) is 22.1 Å². The monoisotopic (exact) mass is 253 g/mol.